The molecule has 2 aromatic rings. The Morgan fingerprint density at radius 3 is 1.45 bits per heavy atom. The number of aromatic nitrogens is 2. The van der Waals surface area contributed by atoms with Crippen molar-refractivity contribution < 1.29 is 0 Å². The Hall–Kier alpha value is -1.57. The fraction of sp³-hybridized carbons (Fsp3) is 0.763. The van der Waals surface area contributed by atoms with E-state index < -0.39 is 0 Å². The van der Waals surface area contributed by atoms with Crippen LogP contribution >= 0.6 is 0 Å². The van der Waals surface area contributed by atoms with Crippen LogP contribution in [0.25, 0.3) is 0 Å². The van der Waals surface area contributed by atoms with E-state index in [9.17, 15) is 0 Å². The van der Waals surface area contributed by atoms with Gasteiger partial charge in [0.05, 0.1) is 6.33 Å². The van der Waals surface area contributed by atoms with Crippen molar-refractivity contribution >= 4 is 0 Å². The fourth-order valence-electron chi connectivity index (χ4n) is 6.53. The molecule has 0 radical (unpaired) electrons. The van der Waals surface area contributed by atoms with Crippen LogP contribution in [0.3, 0.4) is 0 Å². The predicted octanol–water partition coefficient (Wildman–Crippen LogP) is 12.7. The number of unbranched alkanes of at least 4 members (excludes halogenated alkanes) is 20. The third-order valence-electron chi connectivity index (χ3n) is 9.07. The first-order valence-electron chi connectivity index (χ1n) is 17.9. The van der Waals surface area contributed by atoms with Crippen LogP contribution in [0.5, 0.6) is 0 Å². The summed E-state index contributed by atoms with van der Waals surface area (Å²) in [7, 11) is 0. The summed E-state index contributed by atoms with van der Waals surface area (Å²) >= 11 is 0. The molecule has 1 heterocycles. The second-order valence-corrected chi connectivity index (χ2v) is 12.7. The molecule has 0 aliphatic rings. The van der Waals surface area contributed by atoms with Gasteiger partial charge < -0.3 is 4.57 Å². The van der Waals surface area contributed by atoms with Gasteiger partial charge in [0.15, 0.2) is 0 Å². The Kier molecular flexibility index (Phi) is 21.8. The van der Waals surface area contributed by atoms with E-state index in [2.05, 4.69) is 66.3 Å². The third-order valence-corrected chi connectivity index (χ3v) is 9.07. The van der Waals surface area contributed by atoms with Crippen molar-refractivity contribution in [3.63, 3.8) is 0 Å². The minimum absolute atomic E-state index is 0.574. The molecule has 0 amide bonds. The average molecular weight is 551 g/mol. The first kappa shape index (κ1) is 34.6. The summed E-state index contributed by atoms with van der Waals surface area (Å²) in [6.07, 6.45) is 41.3. The summed E-state index contributed by atoms with van der Waals surface area (Å²) in [5, 5.41) is 0. The molecule has 1 aromatic carbocycles. The molecule has 0 fully saturated rings. The van der Waals surface area contributed by atoms with E-state index in [1.54, 1.807) is 0 Å². The number of hydrogen-bond donors (Lipinski definition) is 0. The third kappa shape index (κ3) is 17.3. The summed E-state index contributed by atoms with van der Waals surface area (Å²) in [6.45, 7) is 4.61. The van der Waals surface area contributed by atoms with Crippen LogP contribution < -0.4 is 0 Å². The Labute approximate surface area is 250 Å². The molecule has 0 aliphatic heterocycles. The van der Waals surface area contributed by atoms with Crippen molar-refractivity contribution in [3.8, 4) is 0 Å². The van der Waals surface area contributed by atoms with Crippen LogP contribution in [0.1, 0.15) is 180 Å². The van der Waals surface area contributed by atoms with Gasteiger partial charge in [-0.1, -0.05) is 185 Å². The molecule has 2 unspecified atom stereocenters. The largest absolute Gasteiger partial charge is 0.334 e. The van der Waals surface area contributed by atoms with Crippen molar-refractivity contribution in [3.05, 3.63) is 54.6 Å². The van der Waals surface area contributed by atoms with E-state index in [0.29, 0.717) is 12.0 Å². The highest BCUT2D eigenvalue weighted by Gasteiger charge is 2.23. The second kappa shape index (κ2) is 25.2. The molecule has 1 aromatic heterocycles. The van der Waals surface area contributed by atoms with Crippen molar-refractivity contribution in [2.45, 2.75) is 180 Å². The van der Waals surface area contributed by atoms with Crippen molar-refractivity contribution in [2.75, 3.05) is 0 Å². The molecular formula is C38H66N2. The van der Waals surface area contributed by atoms with Crippen LogP contribution in [0.15, 0.2) is 49.1 Å². The van der Waals surface area contributed by atoms with Crippen LogP contribution in [0.2, 0.25) is 0 Å². The molecular weight excluding hydrogens is 484 g/mol. The van der Waals surface area contributed by atoms with E-state index in [4.69, 9.17) is 0 Å². The topological polar surface area (TPSA) is 17.8 Å². The van der Waals surface area contributed by atoms with Gasteiger partial charge in [-0.3, -0.25) is 0 Å². The maximum Gasteiger partial charge on any atom is 0.0948 e. The van der Waals surface area contributed by atoms with Gasteiger partial charge in [0, 0.05) is 18.4 Å². The number of rotatable bonds is 28. The maximum atomic E-state index is 4.45. The van der Waals surface area contributed by atoms with Gasteiger partial charge in [0.1, 0.15) is 0 Å². The zero-order valence-electron chi connectivity index (χ0n) is 26.8. The highest BCUT2D eigenvalue weighted by atomic mass is 15.1. The lowest BCUT2D eigenvalue weighted by Gasteiger charge is -2.29. The van der Waals surface area contributed by atoms with Gasteiger partial charge in [0.25, 0.3) is 0 Å². The van der Waals surface area contributed by atoms with Gasteiger partial charge in [-0.15, -0.1) is 0 Å². The number of benzene rings is 1. The summed E-state index contributed by atoms with van der Waals surface area (Å²) in [5.74, 6) is 0.693. The zero-order chi connectivity index (χ0) is 28.4. The summed E-state index contributed by atoms with van der Waals surface area (Å²) < 4.78 is 2.44. The molecule has 40 heavy (non-hydrogen) atoms. The molecule has 0 N–H and O–H groups in total. The van der Waals surface area contributed by atoms with Gasteiger partial charge >= 0.3 is 0 Å². The van der Waals surface area contributed by atoms with Gasteiger partial charge in [0.2, 0.25) is 0 Å². The lowest BCUT2D eigenvalue weighted by atomic mass is 9.84. The molecule has 0 spiro atoms. The van der Waals surface area contributed by atoms with Crippen molar-refractivity contribution in [2.24, 2.45) is 5.92 Å². The van der Waals surface area contributed by atoms with Crippen LogP contribution in [0.4, 0.5) is 0 Å². The van der Waals surface area contributed by atoms with E-state index in [1.165, 1.54) is 166 Å². The van der Waals surface area contributed by atoms with Crippen LogP contribution in [-0.2, 0) is 6.42 Å². The molecule has 0 bridgehead atoms. The molecule has 2 heteroatoms. The monoisotopic (exact) mass is 551 g/mol. The quantitative estimate of drug-likeness (QED) is 0.0963. The Morgan fingerprint density at radius 1 is 0.550 bits per heavy atom. The molecule has 228 valence electrons. The fourth-order valence-corrected chi connectivity index (χ4v) is 6.53. The van der Waals surface area contributed by atoms with E-state index in [1.807, 2.05) is 6.20 Å². The maximum absolute atomic E-state index is 4.45. The highest BCUT2D eigenvalue weighted by Crippen LogP contribution is 2.32. The summed E-state index contributed by atoms with van der Waals surface area (Å²) in [6, 6.07) is 11.8. The Bertz CT molecular complexity index is 753. The molecule has 0 saturated heterocycles. The molecule has 2 rings (SSSR count). The molecule has 0 saturated carbocycles. The Morgan fingerprint density at radius 2 is 1.00 bits per heavy atom. The normalized spacial score (nSPS) is 13.1. The van der Waals surface area contributed by atoms with E-state index >= 15 is 0 Å². The number of nitrogens with zero attached hydrogens (tertiary/aromatic N) is 2. The molecule has 0 aliphatic carbocycles. The van der Waals surface area contributed by atoms with Gasteiger partial charge in [-0.2, -0.15) is 0 Å². The lowest BCUT2D eigenvalue weighted by Crippen LogP contribution is -2.21. The van der Waals surface area contributed by atoms with Crippen molar-refractivity contribution in [1.29, 1.82) is 0 Å². The smallest absolute Gasteiger partial charge is 0.0948 e. The van der Waals surface area contributed by atoms with Crippen LogP contribution in [-0.4, -0.2) is 9.55 Å². The van der Waals surface area contributed by atoms with E-state index in [-0.39, 0.29) is 0 Å². The zero-order valence-corrected chi connectivity index (χ0v) is 26.8. The average Bonchev–Trinajstić information content (AvgIpc) is 3.51. The standard InChI is InChI=1S/C38H66N2/c1-3-5-7-9-11-13-14-15-16-17-18-19-21-26-30-37(34-36-28-24-23-25-29-36)38(40-33-32-39-35-40)31-27-22-20-12-10-8-6-4-2/h23-25,28-29,32-33,35,37-38H,3-22,26-27,30-31,34H2,1-2H3. The highest BCUT2D eigenvalue weighted by molar-refractivity contribution is 5.15. The molecule has 2 nitrogen and oxygen atoms in total. The van der Waals surface area contributed by atoms with Gasteiger partial charge in [-0.05, 0) is 30.7 Å². The first-order chi connectivity index (χ1) is 19.8. The van der Waals surface area contributed by atoms with Crippen molar-refractivity contribution in [1.82, 2.24) is 9.55 Å². The SMILES string of the molecule is CCCCCCCCCCCCCCCCC(Cc1ccccc1)C(CCCCCCCCCC)n1ccnc1. The van der Waals surface area contributed by atoms with Crippen LogP contribution in [0, 0.1) is 5.92 Å². The first-order valence-corrected chi connectivity index (χ1v) is 17.9. The Balaban J connectivity index is 1.71. The number of imidazole rings is 1. The predicted molar refractivity (Wildman–Crippen MR) is 177 cm³/mol. The summed E-state index contributed by atoms with van der Waals surface area (Å²) in [5.41, 5.74) is 1.50. The van der Waals surface area contributed by atoms with Gasteiger partial charge in [-0.25, -0.2) is 4.98 Å². The second-order valence-electron chi connectivity index (χ2n) is 12.7. The minimum atomic E-state index is 0.574. The number of hydrogen-bond acceptors (Lipinski definition) is 1. The minimum Gasteiger partial charge on any atom is -0.334 e. The van der Waals surface area contributed by atoms with E-state index in [0.717, 1.165) is 0 Å². The molecule has 2 atom stereocenters. The lowest BCUT2D eigenvalue weighted by molar-refractivity contribution is 0.275. The summed E-state index contributed by atoms with van der Waals surface area (Å²) in [4.78, 5) is 4.45.